The highest BCUT2D eigenvalue weighted by Gasteiger charge is 2.57. The Balaban J connectivity index is 2.37. The molecule has 0 aromatic heterocycles. The zero-order valence-corrected chi connectivity index (χ0v) is 7.20. The highest BCUT2D eigenvalue weighted by atomic mass is 16.3. The minimum absolute atomic E-state index is 0.673. The number of imide groups is 1. The summed E-state index contributed by atoms with van der Waals surface area (Å²) in [6.07, 6.45) is -1.12. The minimum Gasteiger partial charge on any atom is -0.360 e. The van der Waals surface area contributed by atoms with E-state index < -0.39 is 29.9 Å². The Morgan fingerprint density at radius 1 is 1.36 bits per heavy atom. The lowest BCUT2D eigenvalue weighted by Crippen LogP contribution is -2.72. The number of aliphatic hydroxyl groups is 1. The van der Waals surface area contributed by atoms with E-state index in [9.17, 15) is 19.5 Å². The van der Waals surface area contributed by atoms with Crippen LogP contribution >= 0.6 is 0 Å². The largest absolute Gasteiger partial charge is 0.360 e. The average Bonchev–Trinajstić information content (AvgIpc) is 2.39. The lowest BCUT2D eigenvalue weighted by atomic mass is 10.1. The smallest absolute Gasteiger partial charge is 0.325 e. The van der Waals surface area contributed by atoms with Crippen LogP contribution in [0, 0.1) is 0 Å². The van der Waals surface area contributed by atoms with Crippen LogP contribution in [0.5, 0.6) is 0 Å². The van der Waals surface area contributed by atoms with Crippen molar-refractivity contribution in [2.45, 2.75) is 11.9 Å². The predicted molar refractivity (Wildman–Crippen MR) is 41.7 cm³/mol. The van der Waals surface area contributed by atoms with Crippen molar-refractivity contribution in [3.05, 3.63) is 0 Å². The Kier molecular flexibility index (Phi) is 1.47. The van der Waals surface area contributed by atoms with Crippen LogP contribution in [0.1, 0.15) is 0 Å². The van der Waals surface area contributed by atoms with Gasteiger partial charge in [-0.1, -0.05) is 0 Å². The first-order chi connectivity index (χ1) is 6.45. The molecule has 2 heterocycles. The molecule has 2 fully saturated rings. The molecule has 0 aromatic rings. The fraction of sp³-hybridized carbons (Fsp3) is 0.500. The van der Waals surface area contributed by atoms with Gasteiger partial charge in [0.1, 0.15) is 0 Å². The monoisotopic (exact) mass is 200 g/mol. The Morgan fingerprint density at radius 3 is 2.64 bits per heavy atom. The maximum Gasteiger partial charge on any atom is 0.325 e. The fourth-order valence-corrected chi connectivity index (χ4v) is 1.40. The van der Waals surface area contributed by atoms with Gasteiger partial charge >= 0.3 is 12.1 Å². The minimum atomic E-state index is -2.08. The van der Waals surface area contributed by atoms with Crippen LogP contribution in [0.2, 0.25) is 0 Å². The third-order valence-corrected chi connectivity index (χ3v) is 2.20. The number of rotatable bonds is 0. The maximum atomic E-state index is 11.4. The van der Waals surface area contributed by atoms with Gasteiger partial charge < -0.3 is 15.7 Å². The molecule has 2 unspecified atom stereocenters. The molecule has 8 nitrogen and oxygen atoms in total. The van der Waals surface area contributed by atoms with Crippen molar-refractivity contribution in [3.8, 4) is 0 Å². The summed E-state index contributed by atoms with van der Waals surface area (Å²) in [6, 6.07) is -1.38. The second kappa shape index (κ2) is 2.35. The molecule has 5 amide bonds. The quantitative estimate of drug-likeness (QED) is 0.346. The van der Waals surface area contributed by atoms with Crippen molar-refractivity contribution < 1.29 is 19.5 Å². The Labute approximate surface area is 78.2 Å². The Hall–Kier alpha value is -1.83. The molecule has 76 valence electrons. The van der Waals surface area contributed by atoms with Crippen molar-refractivity contribution in [2.75, 3.05) is 7.05 Å². The van der Waals surface area contributed by atoms with Crippen LogP contribution in [0.3, 0.4) is 0 Å². The number of carbonyl (C=O) groups is 3. The van der Waals surface area contributed by atoms with Gasteiger partial charge in [-0.3, -0.25) is 15.0 Å². The molecular formula is C6H8N4O4. The zero-order valence-electron chi connectivity index (χ0n) is 7.20. The molecule has 0 aromatic carbocycles. The maximum absolute atomic E-state index is 11.4. The number of nitrogens with zero attached hydrogens (tertiary/aromatic N) is 1. The molecule has 2 aliphatic rings. The lowest BCUT2D eigenvalue weighted by molar-refractivity contribution is -0.154. The summed E-state index contributed by atoms with van der Waals surface area (Å²) in [5.41, 5.74) is -2.08. The van der Waals surface area contributed by atoms with Gasteiger partial charge in [0.25, 0.3) is 11.6 Å². The molecule has 0 spiro atoms. The van der Waals surface area contributed by atoms with Crippen LogP contribution in [0.4, 0.5) is 9.59 Å². The molecule has 2 aliphatic heterocycles. The number of carbonyl (C=O) groups excluding carboxylic acids is 3. The number of hydrogen-bond donors (Lipinski definition) is 4. The topological polar surface area (TPSA) is 111 Å². The molecule has 2 rings (SSSR count). The van der Waals surface area contributed by atoms with Crippen molar-refractivity contribution in [2.24, 2.45) is 0 Å². The first-order valence-corrected chi connectivity index (χ1v) is 3.85. The van der Waals surface area contributed by atoms with Crippen molar-refractivity contribution in [1.82, 2.24) is 20.9 Å². The molecule has 4 N–H and O–H groups in total. The standard InChI is InChI=1S/C6H8N4O4/c1-10-3(11)6(14)2(8-5(10)13)7-4(12)9-6/h2,14H,1H3,(H,8,13)(H2,7,9,12). The van der Waals surface area contributed by atoms with Gasteiger partial charge in [0, 0.05) is 7.05 Å². The van der Waals surface area contributed by atoms with Crippen molar-refractivity contribution in [3.63, 3.8) is 0 Å². The third kappa shape index (κ3) is 0.880. The van der Waals surface area contributed by atoms with E-state index in [2.05, 4.69) is 10.6 Å². The SMILES string of the molecule is CN1C(=O)NC2NC(=O)NC2(O)C1=O. The van der Waals surface area contributed by atoms with E-state index in [1.165, 1.54) is 7.05 Å². The van der Waals surface area contributed by atoms with E-state index >= 15 is 0 Å². The summed E-state index contributed by atoms with van der Waals surface area (Å²) in [5.74, 6) is -0.871. The molecule has 2 saturated heterocycles. The van der Waals surface area contributed by atoms with Gasteiger partial charge in [0.15, 0.2) is 6.17 Å². The van der Waals surface area contributed by atoms with Crippen LogP contribution < -0.4 is 16.0 Å². The lowest BCUT2D eigenvalue weighted by Gasteiger charge is -2.35. The van der Waals surface area contributed by atoms with Gasteiger partial charge in [-0.15, -0.1) is 0 Å². The summed E-state index contributed by atoms with van der Waals surface area (Å²) in [7, 11) is 1.20. The van der Waals surface area contributed by atoms with E-state index in [0.29, 0.717) is 4.90 Å². The molecule has 14 heavy (non-hydrogen) atoms. The van der Waals surface area contributed by atoms with E-state index in [0.717, 1.165) is 0 Å². The summed E-state index contributed by atoms with van der Waals surface area (Å²) in [6.45, 7) is 0. The summed E-state index contributed by atoms with van der Waals surface area (Å²) < 4.78 is 0. The molecule has 0 saturated carbocycles. The van der Waals surface area contributed by atoms with Crippen LogP contribution in [-0.4, -0.2) is 46.9 Å². The normalized spacial score (nSPS) is 36.0. The fourth-order valence-electron chi connectivity index (χ4n) is 1.40. The molecular weight excluding hydrogens is 192 g/mol. The second-order valence-electron chi connectivity index (χ2n) is 3.11. The van der Waals surface area contributed by atoms with Gasteiger partial charge in [0.2, 0.25) is 0 Å². The molecule has 8 heteroatoms. The van der Waals surface area contributed by atoms with Crippen molar-refractivity contribution >= 4 is 18.0 Å². The number of fused-ring (bicyclic) bond motifs is 1. The summed E-state index contributed by atoms with van der Waals surface area (Å²) in [4.78, 5) is 34.1. The Morgan fingerprint density at radius 2 is 2.00 bits per heavy atom. The first-order valence-electron chi connectivity index (χ1n) is 3.85. The van der Waals surface area contributed by atoms with E-state index in [1.54, 1.807) is 0 Å². The van der Waals surface area contributed by atoms with E-state index in [1.807, 2.05) is 5.32 Å². The van der Waals surface area contributed by atoms with E-state index in [4.69, 9.17) is 0 Å². The van der Waals surface area contributed by atoms with Crippen LogP contribution in [-0.2, 0) is 4.79 Å². The molecule has 0 aliphatic carbocycles. The number of urea groups is 2. The second-order valence-corrected chi connectivity index (χ2v) is 3.11. The van der Waals surface area contributed by atoms with Gasteiger partial charge in [-0.05, 0) is 0 Å². The Bertz CT molecular complexity index is 343. The summed E-state index contributed by atoms with van der Waals surface area (Å²) >= 11 is 0. The number of amides is 5. The zero-order chi connectivity index (χ0) is 10.5. The number of likely N-dealkylation sites (N-methyl/N-ethyl adjacent to an activating group) is 1. The highest BCUT2D eigenvalue weighted by Crippen LogP contribution is 2.18. The predicted octanol–water partition coefficient (Wildman–Crippen LogP) is -2.50. The number of nitrogens with one attached hydrogen (secondary N) is 3. The average molecular weight is 200 g/mol. The van der Waals surface area contributed by atoms with Crippen LogP contribution in [0.15, 0.2) is 0 Å². The third-order valence-electron chi connectivity index (χ3n) is 2.20. The molecule has 0 bridgehead atoms. The van der Waals surface area contributed by atoms with Gasteiger partial charge in [0.05, 0.1) is 0 Å². The first kappa shape index (κ1) is 8.75. The highest BCUT2D eigenvalue weighted by molar-refractivity contribution is 6.05. The van der Waals surface area contributed by atoms with Crippen molar-refractivity contribution in [1.29, 1.82) is 0 Å². The van der Waals surface area contributed by atoms with E-state index in [-0.39, 0.29) is 0 Å². The number of hydrogen-bond acceptors (Lipinski definition) is 4. The molecule has 0 radical (unpaired) electrons. The van der Waals surface area contributed by atoms with Crippen LogP contribution in [0.25, 0.3) is 0 Å². The molecule has 2 atom stereocenters. The van der Waals surface area contributed by atoms with Gasteiger partial charge in [-0.25, -0.2) is 9.59 Å². The van der Waals surface area contributed by atoms with Gasteiger partial charge in [-0.2, -0.15) is 0 Å². The summed E-state index contributed by atoms with van der Waals surface area (Å²) in [5, 5.41) is 16.2.